The molecular weight excluding hydrogens is 400 g/mol. The molecule has 0 aliphatic heterocycles. The highest BCUT2D eigenvalue weighted by molar-refractivity contribution is 7.14. The summed E-state index contributed by atoms with van der Waals surface area (Å²) in [6.45, 7) is 7.62. The van der Waals surface area contributed by atoms with Crippen molar-refractivity contribution >= 4 is 34.3 Å². The van der Waals surface area contributed by atoms with Crippen LogP contribution in [0, 0.1) is 0 Å². The van der Waals surface area contributed by atoms with Gasteiger partial charge in [0.15, 0.2) is 0 Å². The molecular formula is C23H27ClN4S. The van der Waals surface area contributed by atoms with Crippen LogP contribution in [-0.2, 0) is 6.42 Å². The van der Waals surface area contributed by atoms with Gasteiger partial charge in [0, 0.05) is 29.6 Å². The van der Waals surface area contributed by atoms with Gasteiger partial charge in [0.25, 0.3) is 0 Å². The Bertz CT molecular complexity index is 949. The predicted octanol–water partition coefficient (Wildman–Crippen LogP) is 5.82. The summed E-state index contributed by atoms with van der Waals surface area (Å²) in [6, 6.07) is 16.2. The van der Waals surface area contributed by atoms with Crippen LogP contribution in [0.5, 0.6) is 0 Å². The fourth-order valence-corrected chi connectivity index (χ4v) is 4.09. The van der Waals surface area contributed by atoms with Crippen LogP contribution in [0.15, 0.2) is 59.0 Å². The van der Waals surface area contributed by atoms with E-state index in [1.807, 2.05) is 47.9 Å². The Hall–Kier alpha value is -2.21. The van der Waals surface area contributed by atoms with Crippen molar-refractivity contribution in [3.8, 4) is 11.3 Å². The lowest BCUT2D eigenvalue weighted by atomic mass is 10.1. The minimum absolute atomic E-state index is 0.706. The monoisotopic (exact) mass is 426 g/mol. The van der Waals surface area contributed by atoms with E-state index in [9.17, 15) is 0 Å². The second-order valence-electron chi connectivity index (χ2n) is 6.74. The van der Waals surface area contributed by atoms with Crippen molar-refractivity contribution in [2.75, 3.05) is 31.7 Å². The number of nitrogens with zero attached hydrogens (tertiary/aromatic N) is 4. The molecule has 0 radical (unpaired) electrons. The molecule has 6 heteroatoms. The third-order valence-corrected chi connectivity index (χ3v) is 6.17. The minimum atomic E-state index is 0.706. The minimum Gasteiger partial charge on any atom is -0.304 e. The van der Waals surface area contributed by atoms with Gasteiger partial charge in [-0.05, 0) is 36.7 Å². The van der Waals surface area contributed by atoms with Crippen molar-refractivity contribution in [1.29, 1.82) is 0 Å². The maximum absolute atomic E-state index is 6.30. The molecule has 3 aromatic rings. The molecule has 0 saturated carbocycles. The number of thiazole rings is 1. The Morgan fingerprint density at radius 1 is 1.07 bits per heavy atom. The predicted molar refractivity (Wildman–Crippen MR) is 126 cm³/mol. The molecule has 1 aromatic heterocycles. The molecule has 0 unspecified atom stereocenters. The molecule has 0 amide bonds. The number of hydrazone groups is 1. The first-order valence-electron chi connectivity index (χ1n) is 9.90. The molecule has 0 aliphatic rings. The zero-order chi connectivity index (χ0) is 20.6. The molecule has 3 rings (SSSR count). The molecule has 0 fully saturated rings. The van der Waals surface area contributed by atoms with Crippen molar-refractivity contribution in [2.45, 2.75) is 20.3 Å². The topological polar surface area (TPSA) is 31.7 Å². The van der Waals surface area contributed by atoms with Gasteiger partial charge < -0.3 is 4.90 Å². The average molecular weight is 427 g/mol. The second-order valence-corrected chi connectivity index (χ2v) is 7.98. The lowest BCUT2D eigenvalue weighted by Crippen LogP contribution is -2.25. The van der Waals surface area contributed by atoms with Gasteiger partial charge in [-0.2, -0.15) is 5.10 Å². The third kappa shape index (κ3) is 5.66. The van der Waals surface area contributed by atoms with Crippen LogP contribution < -0.4 is 5.01 Å². The fraction of sp³-hybridized carbons (Fsp3) is 0.304. The van der Waals surface area contributed by atoms with Gasteiger partial charge in [0.1, 0.15) is 0 Å². The molecule has 0 atom stereocenters. The van der Waals surface area contributed by atoms with Crippen LogP contribution in [0.3, 0.4) is 0 Å². The van der Waals surface area contributed by atoms with Gasteiger partial charge >= 0.3 is 0 Å². The zero-order valence-corrected chi connectivity index (χ0v) is 18.7. The Labute approximate surface area is 182 Å². The van der Waals surface area contributed by atoms with Crippen molar-refractivity contribution in [1.82, 2.24) is 9.88 Å². The normalized spacial score (nSPS) is 11.5. The summed E-state index contributed by atoms with van der Waals surface area (Å²) >= 11 is 7.85. The summed E-state index contributed by atoms with van der Waals surface area (Å²) < 4.78 is 0. The number of aromatic nitrogens is 1. The largest absolute Gasteiger partial charge is 0.304 e. The van der Waals surface area contributed by atoms with Crippen LogP contribution in [-0.4, -0.2) is 42.8 Å². The highest BCUT2D eigenvalue weighted by Gasteiger charge is 2.10. The van der Waals surface area contributed by atoms with E-state index in [-0.39, 0.29) is 0 Å². The number of benzene rings is 2. The average Bonchev–Trinajstić information content (AvgIpc) is 3.24. The summed E-state index contributed by atoms with van der Waals surface area (Å²) in [6.07, 6.45) is 2.94. The molecule has 2 aromatic carbocycles. The summed E-state index contributed by atoms with van der Waals surface area (Å²) in [5.74, 6) is 0. The first-order valence-corrected chi connectivity index (χ1v) is 11.2. The van der Waals surface area contributed by atoms with E-state index < -0.39 is 0 Å². The molecule has 0 saturated heterocycles. The number of anilines is 1. The summed E-state index contributed by atoms with van der Waals surface area (Å²) in [5, 5.41) is 9.99. The third-order valence-electron chi connectivity index (χ3n) is 4.94. The van der Waals surface area contributed by atoms with Crippen LogP contribution >= 0.6 is 22.9 Å². The molecule has 4 nitrogen and oxygen atoms in total. The van der Waals surface area contributed by atoms with Crippen molar-refractivity contribution in [3.05, 3.63) is 70.1 Å². The van der Waals surface area contributed by atoms with E-state index in [1.165, 1.54) is 5.56 Å². The van der Waals surface area contributed by atoms with Gasteiger partial charge in [-0.25, -0.2) is 9.99 Å². The SMILES string of the molecule is CCN(CC)CCc1ccccc1/C=N/N(C)c1nc(-c2ccccc2Cl)cs1. The highest BCUT2D eigenvalue weighted by Crippen LogP contribution is 2.31. The van der Waals surface area contributed by atoms with E-state index in [0.29, 0.717) is 5.02 Å². The van der Waals surface area contributed by atoms with Gasteiger partial charge in [0.05, 0.1) is 11.9 Å². The number of hydrogen-bond donors (Lipinski definition) is 0. The summed E-state index contributed by atoms with van der Waals surface area (Å²) in [7, 11) is 1.92. The van der Waals surface area contributed by atoms with Crippen molar-refractivity contribution in [3.63, 3.8) is 0 Å². The molecule has 29 heavy (non-hydrogen) atoms. The maximum Gasteiger partial charge on any atom is 0.206 e. The van der Waals surface area contributed by atoms with E-state index in [4.69, 9.17) is 16.6 Å². The molecule has 0 aliphatic carbocycles. The van der Waals surface area contributed by atoms with E-state index in [1.54, 1.807) is 11.3 Å². The van der Waals surface area contributed by atoms with E-state index >= 15 is 0 Å². The first-order chi connectivity index (χ1) is 14.1. The lowest BCUT2D eigenvalue weighted by molar-refractivity contribution is 0.308. The summed E-state index contributed by atoms with van der Waals surface area (Å²) in [5.41, 5.74) is 4.27. The molecule has 0 N–H and O–H groups in total. The summed E-state index contributed by atoms with van der Waals surface area (Å²) in [4.78, 5) is 7.13. The molecule has 152 valence electrons. The zero-order valence-electron chi connectivity index (χ0n) is 17.2. The number of likely N-dealkylation sites (N-methyl/N-ethyl adjacent to an activating group) is 1. The molecule has 0 bridgehead atoms. The second kappa shape index (κ2) is 10.5. The van der Waals surface area contributed by atoms with Crippen LogP contribution in [0.2, 0.25) is 5.02 Å². The van der Waals surface area contributed by atoms with Gasteiger partial charge in [-0.1, -0.05) is 67.9 Å². The van der Waals surface area contributed by atoms with Crippen molar-refractivity contribution < 1.29 is 0 Å². The molecule has 1 heterocycles. The quantitative estimate of drug-likeness (QED) is 0.319. The van der Waals surface area contributed by atoms with Gasteiger partial charge in [-0.3, -0.25) is 0 Å². The number of hydrogen-bond acceptors (Lipinski definition) is 5. The van der Waals surface area contributed by atoms with Crippen LogP contribution in [0.1, 0.15) is 25.0 Å². The van der Waals surface area contributed by atoms with Gasteiger partial charge in [0.2, 0.25) is 5.13 Å². The Morgan fingerprint density at radius 2 is 1.79 bits per heavy atom. The highest BCUT2D eigenvalue weighted by atomic mass is 35.5. The standard InChI is InChI=1S/C23H27ClN4S/c1-4-28(5-2)15-14-18-10-6-7-11-19(18)16-25-27(3)23-26-22(17-29-23)20-12-8-9-13-21(20)24/h6-13,16-17H,4-5,14-15H2,1-3H3/b25-16+. The number of halogens is 1. The van der Waals surface area contributed by atoms with Gasteiger partial charge in [-0.15, -0.1) is 11.3 Å². The van der Waals surface area contributed by atoms with E-state index in [0.717, 1.165) is 48.0 Å². The Morgan fingerprint density at radius 3 is 2.55 bits per heavy atom. The lowest BCUT2D eigenvalue weighted by Gasteiger charge is -2.18. The fourth-order valence-electron chi connectivity index (χ4n) is 3.11. The van der Waals surface area contributed by atoms with Crippen molar-refractivity contribution in [2.24, 2.45) is 5.10 Å². The smallest absolute Gasteiger partial charge is 0.206 e. The van der Waals surface area contributed by atoms with Crippen LogP contribution in [0.25, 0.3) is 11.3 Å². The van der Waals surface area contributed by atoms with Crippen LogP contribution in [0.4, 0.5) is 5.13 Å². The Kier molecular flexibility index (Phi) is 7.81. The van der Waals surface area contributed by atoms with E-state index in [2.05, 4.69) is 48.1 Å². The Balaban J connectivity index is 1.71. The first kappa shape index (κ1) is 21.5. The maximum atomic E-state index is 6.30. The number of rotatable bonds is 9. The molecule has 0 spiro atoms.